The molecule has 0 spiro atoms. The van der Waals surface area contributed by atoms with Crippen molar-refractivity contribution >= 4 is 0 Å². The van der Waals surface area contributed by atoms with Crippen LogP contribution >= 0.6 is 0 Å². The molecule has 2 saturated heterocycles. The van der Waals surface area contributed by atoms with Crippen LogP contribution < -0.4 is 5.32 Å². The minimum atomic E-state index is 0.282. The molecule has 1 N–H and O–H groups in total. The Morgan fingerprint density at radius 2 is 2.46 bits per heavy atom. The Labute approximate surface area is 79.8 Å². The normalized spacial score (nSPS) is 38.5. The van der Waals surface area contributed by atoms with Gasteiger partial charge in [0.25, 0.3) is 0 Å². The average molecular weight is 185 g/mol. The lowest BCUT2D eigenvalue weighted by molar-refractivity contribution is 0.00207. The van der Waals surface area contributed by atoms with E-state index in [-0.39, 0.29) is 5.41 Å². The summed E-state index contributed by atoms with van der Waals surface area (Å²) in [6.07, 6.45) is 1.53. The van der Waals surface area contributed by atoms with Gasteiger partial charge in [0.05, 0.1) is 25.9 Å². The number of fused-ring (bicyclic) bond motifs is 1. The van der Waals surface area contributed by atoms with Crippen LogP contribution in [0.2, 0.25) is 0 Å². The van der Waals surface area contributed by atoms with Gasteiger partial charge in [-0.05, 0) is 26.8 Å². The quantitative estimate of drug-likeness (QED) is 0.705. The molecule has 13 heavy (non-hydrogen) atoms. The number of rotatable bonds is 3. The van der Waals surface area contributed by atoms with Gasteiger partial charge in [-0.2, -0.15) is 0 Å². The summed E-state index contributed by atoms with van der Waals surface area (Å²) in [4.78, 5) is 0. The van der Waals surface area contributed by atoms with Gasteiger partial charge >= 0.3 is 0 Å². The summed E-state index contributed by atoms with van der Waals surface area (Å²) in [6, 6.07) is 0.534. The van der Waals surface area contributed by atoms with Crippen LogP contribution in [0.3, 0.4) is 0 Å². The molecule has 2 rings (SSSR count). The van der Waals surface area contributed by atoms with Crippen molar-refractivity contribution in [3.05, 3.63) is 0 Å². The predicted octanol–water partition coefficient (Wildman–Crippen LogP) is 0.790. The molecule has 0 saturated carbocycles. The summed E-state index contributed by atoms with van der Waals surface area (Å²) in [6.45, 7) is 7.88. The first-order valence-electron chi connectivity index (χ1n) is 5.16. The molecule has 0 aliphatic carbocycles. The molecule has 76 valence electrons. The number of hydrogen-bond donors (Lipinski definition) is 1. The zero-order valence-corrected chi connectivity index (χ0v) is 8.51. The van der Waals surface area contributed by atoms with Crippen molar-refractivity contribution in [1.82, 2.24) is 5.32 Å². The Morgan fingerprint density at radius 3 is 3.23 bits per heavy atom. The van der Waals surface area contributed by atoms with Crippen LogP contribution in [-0.2, 0) is 9.47 Å². The van der Waals surface area contributed by atoms with Crippen LogP contribution in [0.25, 0.3) is 0 Å². The highest BCUT2D eigenvalue weighted by Gasteiger charge is 2.47. The van der Waals surface area contributed by atoms with E-state index in [0.717, 1.165) is 26.4 Å². The molecular weight excluding hydrogens is 166 g/mol. The SMILES string of the molecule is CC(C)OCC12CCNC1COC2. The molecule has 2 fully saturated rings. The van der Waals surface area contributed by atoms with Gasteiger partial charge in [0, 0.05) is 11.5 Å². The second-order valence-corrected chi connectivity index (χ2v) is 4.49. The second kappa shape index (κ2) is 3.56. The van der Waals surface area contributed by atoms with Gasteiger partial charge in [-0.1, -0.05) is 0 Å². The Balaban J connectivity index is 1.93. The highest BCUT2D eigenvalue weighted by atomic mass is 16.5. The topological polar surface area (TPSA) is 30.5 Å². The van der Waals surface area contributed by atoms with Crippen molar-refractivity contribution in [1.29, 1.82) is 0 Å². The van der Waals surface area contributed by atoms with Gasteiger partial charge in [0.2, 0.25) is 0 Å². The van der Waals surface area contributed by atoms with E-state index < -0.39 is 0 Å². The van der Waals surface area contributed by atoms with Crippen LogP contribution in [0, 0.1) is 5.41 Å². The molecule has 3 heteroatoms. The van der Waals surface area contributed by atoms with Crippen LogP contribution in [0.5, 0.6) is 0 Å². The molecule has 2 unspecified atom stereocenters. The van der Waals surface area contributed by atoms with Crippen LogP contribution in [0.1, 0.15) is 20.3 Å². The van der Waals surface area contributed by atoms with E-state index in [0.29, 0.717) is 12.1 Å². The third-order valence-corrected chi connectivity index (χ3v) is 3.13. The first-order valence-corrected chi connectivity index (χ1v) is 5.16. The summed E-state index contributed by atoms with van der Waals surface area (Å²) in [5.41, 5.74) is 0.282. The summed E-state index contributed by atoms with van der Waals surface area (Å²) in [7, 11) is 0. The second-order valence-electron chi connectivity index (χ2n) is 4.49. The maximum Gasteiger partial charge on any atom is 0.0627 e. The first kappa shape index (κ1) is 9.44. The molecule has 2 aliphatic rings. The van der Waals surface area contributed by atoms with Crippen LogP contribution in [0.15, 0.2) is 0 Å². The fourth-order valence-corrected chi connectivity index (χ4v) is 2.22. The lowest BCUT2D eigenvalue weighted by Gasteiger charge is -2.27. The van der Waals surface area contributed by atoms with Gasteiger partial charge in [-0.3, -0.25) is 0 Å². The zero-order chi connectivity index (χ0) is 9.31. The molecule has 0 bridgehead atoms. The van der Waals surface area contributed by atoms with E-state index in [9.17, 15) is 0 Å². The minimum Gasteiger partial charge on any atom is -0.379 e. The molecular formula is C10H19NO2. The Hall–Kier alpha value is -0.120. The third kappa shape index (κ3) is 1.73. The van der Waals surface area contributed by atoms with Gasteiger partial charge in [-0.25, -0.2) is 0 Å². The molecule has 0 aromatic rings. The number of ether oxygens (including phenoxy) is 2. The standard InChI is InChI=1S/C10H19NO2/c1-8(2)13-7-10-3-4-11-9(10)5-12-6-10/h8-9,11H,3-7H2,1-2H3. The zero-order valence-electron chi connectivity index (χ0n) is 8.51. The maximum absolute atomic E-state index is 5.71. The summed E-state index contributed by atoms with van der Waals surface area (Å²) >= 11 is 0. The van der Waals surface area contributed by atoms with Gasteiger partial charge in [0.15, 0.2) is 0 Å². The minimum absolute atomic E-state index is 0.282. The third-order valence-electron chi connectivity index (χ3n) is 3.13. The summed E-state index contributed by atoms with van der Waals surface area (Å²) in [5.74, 6) is 0. The monoisotopic (exact) mass is 185 g/mol. The van der Waals surface area contributed by atoms with E-state index in [1.54, 1.807) is 0 Å². The molecule has 3 nitrogen and oxygen atoms in total. The molecule has 2 heterocycles. The van der Waals surface area contributed by atoms with Gasteiger partial charge in [-0.15, -0.1) is 0 Å². The molecule has 0 aromatic heterocycles. The lowest BCUT2D eigenvalue weighted by Crippen LogP contribution is -2.39. The molecule has 2 atom stereocenters. The summed E-state index contributed by atoms with van der Waals surface area (Å²) in [5, 5.41) is 3.48. The number of nitrogens with one attached hydrogen (secondary N) is 1. The van der Waals surface area contributed by atoms with Crippen molar-refractivity contribution < 1.29 is 9.47 Å². The van der Waals surface area contributed by atoms with Gasteiger partial charge in [0.1, 0.15) is 0 Å². The van der Waals surface area contributed by atoms with Crippen molar-refractivity contribution in [2.45, 2.75) is 32.4 Å². The van der Waals surface area contributed by atoms with E-state index >= 15 is 0 Å². The van der Waals surface area contributed by atoms with E-state index in [2.05, 4.69) is 19.2 Å². The van der Waals surface area contributed by atoms with Crippen molar-refractivity contribution in [3.8, 4) is 0 Å². The molecule has 2 aliphatic heterocycles. The highest BCUT2D eigenvalue weighted by Crippen LogP contribution is 2.37. The van der Waals surface area contributed by atoms with E-state index in [1.165, 1.54) is 6.42 Å². The van der Waals surface area contributed by atoms with Crippen LogP contribution in [0.4, 0.5) is 0 Å². The fourth-order valence-electron chi connectivity index (χ4n) is 2.22. The van der Waals surface area contributed by atoms with Crippen molar-refractivity contribution in [2.24, 2.45) is 5.41 Å². The van der Waals surface area contributed by atoms with E-state index in [4.69, 9.17) is 9.47 Å². The Kier molecular flexibility index (Phi) is 2.58. The van der Waals surface area contributed by atoms with Crippen molar-refractivity contribution in [2.75, 3.05) is 26.4 Å². The largest absolute Gasteiger partial charge is 0.379 e. The maximum atomic E-state index is 5.71. The Bertz CT molecular complexity index is 172. The van der Waals surface area contributed by atoms with Crippen LogP contribution in [-0.4, -0.2) is 38.5 Å². The number of hydrogen-bond acceptors (Lipinski definition) is 3. The summed E-state index contributed by atoms with van der Waals surface area (Å²) < 4.78 is 11.2. The lowest BCUT2D eigenvalue weighted by atomic mass is 9.84. The highest BCUT2D eigenvalue weighted by molar-refractivity contribution is 5.00. The molecule has 0 radical (unpaired) electrons. The predicted molar refractivity (Wildman–Crippen MR) is 50.7 cm³/mol. The van der Waals surface area contributed by atoms with Crippen molar-refractivity contribution in [3.63, 3.8) is 0 Å². The smallest absolute Gasteiger partial charge is 0.0627 e. The van der Waals surface area contributed by atoms with E-state index in [1.807, 2.05) is 0 Å². The Morgan fingerprint density at radius 1 is 1.62 bits per heavy atom. The average Bonchev–Trinajstić information content (AvgIpc) is 2.57. The van der Waals surface area contributed by atoms with Gasteiger partial charge < -0.3 is 14.8 Å². The fraction of sp³-hybridized carbons (Fsp3) is 1.00. The molecule has 0 aromatic carbocycles. The molecule has 0 amide bonds. The first-order chi connectivity index (χ1) is 6.23.